The monoisotopic (exact) mass is 767 g/mol. The number of amides is 3. The number of rotatable bonds is 30. The molecule has 1 aromatic carbocycles. The Hall–Kier alpha value is -4.79. The highest BCUT2D eigenvalue weighted by Crippen LogP contribution is 2.29. The van der Waals surface area contributed by atoms with Crippen LogP contribution in [0.2, 0.25) is 0 Å². The molecule has 0 saturated heterocycles. The van der Waals surface area contributed by atoms with E-state index in [1.807, 2.05) is 0 Å². The fourth-order valence-corrected chi connectivity index (χ4v) is 3.99. The summed E-state index contributed by atoms with van der Waals surface area (Å²) >= 11 is 0. The molecule has 0 bridgehead atoms. The largest absolute Gasteiger partial charge is 0.418 e. The Kier molecular flexibility index (Phi) is 25.1. The van der Waals surface area contributed by atoms with Gasteiger partial charge >= 0.3 is 5.97 Å². The number of azide groups is 2. The topological polar surface area (TPSA) is 248 Å². The summed E-state index contributed by atoms with van der Waals surface area (Å²) in [6.45, 7) is 2.10. The van der Waals surface area contributed by atoms with E-state index in [1.165, 1.54) is 0 Å². The van der Waals surface area contributed by atoms with E-state index in [1.54, 1.807) is 0 Å². The number of carbonyl (C=O) groups excluding carboxylic acids is 4. The van der Waals surface area contributed by atoms with Gasteiger partial charge in [0.15, 0.2) is 0 Å². The van der Waals surface area contributed by atoms with E-state index in [-0.39, 0.29) is 136 Å². The third-order valence-corrected chi connectivity index (χ3v) is 6.63. The SMILES string of the molecule is [N-]=[N+]=NCCOCCOCCC(=O)NCCCC[C@H](NC(=O)CCCNC(=O)CCOCCOCCN=[N+]=[N-])C(=O)Oc1c(F)c(F)c(F)c(F)c1F. The van der Waals surface area contributed by atoms with Crippen molar-refractivity contribution in [3.8, 4) is 5.75 Å². The fraction of sp³-hybridized carbons (Fsp3) is 0.667. The molecule has 3 N–H and O–H groups in total. The van der Waals surface area contributed by atoms with Crippen LogP contribution in [0, 0.1) is 29.1 Å². The van der Waals surface area contributed by atoms with Crippen LogP contribution in [0.25, 0.3) is 20.9 Å². The van der Waals surface area contributed by atoms with Gasteiger partial charge in [-0.05, 0) is 36.7 Å². The first-order valence-corrected chi connectivity index (χ1v) is 16.4. The molecule has 1 atom stereocenters. The van der Waals surface area contributed by atoms with Crippen LogP contribution in [0.4, 0.5) is 22.0 Å². The van der Waals surface area contributed by atoms with Gasteiger partial charge in [0.1, 0.15) is 6.04 Å². The first-order valence-electron chi connectivity index (χ1n) is 16.4. The van der Waals surface area contributed by atoms with Gasteiger partial charge in [0.2, 0.25) is 52.6 Å². The number of hydrogen-bond acceptors (Lipinski definition) is 11. The van der Waals surface area contributed by atoms with Crippen LogP contribution in [-0.2, 0) is 38.1 Å². The number of benzene rings is 1. The van der Waals surface area contributed by atoms with E-state index < -0.39 is 52.8 Å². The van der Waals surface area contributed by atoms with Crippen LogP contribution in [-0.4, -0.2) is 109 Å². The Morgan fingerprint density at radius 3 is 1.53 bits per heavy atom. The zero-order valence-corrected chi connectivity index (χ0v) is 28.8. The van der Waals surface area contributed by atoms with Crippen molar-refractivity contribution in [2.45, 2.75) is 51.0 Å². The first-order chi connectivity index (χ1) is 25.5. The molecule has 0 heterocycles. The summed E-state index contributed by atoms with van der Waals surface area (Å²) in [6.07, 6.45) is 0.122. The van der Waals surface area contributed by atoms with Gasteiger partial charge in [-0.1, -0.05) is 10.2 Å². The van der Waals surface area contributed by atoms with Crippen LogP contribution in [0.1, 0.15) is 44.9 Å². The second-order valence-electron chi connectivity index (χ2n) is 10.6. The summed E-state index contributed by atoms with van der Waals surface area (Å²) < 4.78 is 94.4. The molecule has 0 unspecified atom stereocenters. The van der Waals surface area contributed by atoms with Gasteiger partial charge in [-0.2, -0.15) is 8.78 Å². The quantitative estimate of drug-likeness (QED) is 0.0119. The Bertz CT molecular complexity index is 1390. The lowest BCUT2D eigenvalue weighted by atomic mass is 10.1. The minimum Gasteiger partial charge on any atom is -0.418 e. The van der Waals surface area contributed by atoms with Gasteiger partial charge in [0.05, 0.1) is 52.9 Å². The molecule has 1 rings (SSSR count). The van der Waals surface area contributed by atoms with Crippen molar-refractivity contribution in [1.29, 1.82) is 0 Å². The second-order valence-corrected chi connectivity index (χ2v) is 10.6. The van der Waals surface area contributed by atoms with Crippen LogP contribution in [0.3, 0.4) is 0 Å². The van der Waals surface area contributed by atoms with E-state index in [9.17, 15) is 41.1 Å². The summed E-state index contributed by atoms with van der Waals surface area (Å²) in [7, 11) is 0. The number of halogens is 5. The second kappa shape index (κ2) is 28.8. The highest BCUT2D eigenvalue weighted by atomic mass is 19.2. The third-order valence-electron chi connectivity index (χ3n) is 6.63. The van der Waals surface area contributed by atoms with Crippen molar-refractivity contribution in [2.75, 3.05) is 79.0 Å². The number of nitrogens with one attached hydrogen (secondary N) is 3. The molecule has 53 heavy (non-hydrogen) atoms. The molecule has 296 valence electrons. The molecule has 23 heteroatoms. The van der Waals surface area contributed by atoms with Crippen LogP contribution >= 0.6 is 0 Å². The molecule has 1 aromatic rings. The molecule has 0 radical (unpaired) electrons. The zero-order chi connectivity index (χ0) is 39.3. The first kappa shape index (κ1) is 46.2. The predicted molar refractivity (Wildman–Crippen MR) is 173 cm³/mol. The number of carbonyl (C=O) groups is 4. The molecule has 0 aliphatic carbocycles. The zero-order valence-electron chi connectivity index (χ0n) is 28.8. The molecule has 0 aliphatic rings. The lowest BCUT2D eigenvalue weighted by Crippen LogP contribution is -2.43. The van der Waals surface area contributed by atoms with E-state index in [4.69, 9.17) is 30.0 Å². The van der Waals surface area contributed by atoms with Crippen molar-refractivity contribution in [3.63, 3.8) is 0 Å². The van der Waals surface area contributed by atoms with Crippen molar-refractivity contribution < 1.29 is 64.8 Å². The number of nitrogens with zero attached hydrogens (tertiary/aromatic N) is 6. The molecular weight excluding hydrogens is 725 g/mol. The standard InChI is InChI=1S/C30H42F5N9O9/c31-24-25(32)27(34)29(28(35)26(24)33)53-30(48)20(4-1-2-8-38-21(45)6-12-49-16-18-51-14-10-40-43-36)42-23(47)5-3-9-39-22(46)7-13-50-17-19-52-15-11-41-44-37/h20H,1-19H2,(H,38,45)(H,39,46)(H,42,47)/t20-/m0/s1. The average molecular weight is 768 g/mol. The van der Waals surface area contributed by atoms with Crippen molar-refractivity contribution >= 4 is 23.7 Å². The van der Waals surface area contributed by atoms with Gasteiger partial charge in [-0.25, -0.2) is 18.0 Å². The minimum atomic E-state index is -2.45. The predicted octanol–water partition coefficient (Wildman–Crippen LogP) is 3.42. The van der Waals surface area contributed by atoms with Crippen LogP contribution in [0.5, 0.6) is 5.75 Å². The van der Waals surface area contributed by atoms with Gasteiger partial charge in [0.25, 0.3) is 0 Å². The van der Waals surface area contributed by atoms with E-state index in [0.717, 1.165) is 0 Å². The average Bonchev–Trinajstić information content (AvgIpc) is 3.14. The number of esters is 1. The summed E-state index contributed by atoms with van der Waals surface area (Å²) in [5.74, 6) is -16.6. The number of unbranched alkanes of at least 4 members (excludes halogenated alkanes) is 1. The highest BCUT2D eigenvalue weighted by molar-refractivity contribution is 5.85. The Balaban J connectivity index is 2.54. The molecule has 0 aliphatic heterocycles. The van der Waals surface area contributed by atoms with Crippen molar-refractivity contribution in [1.82, 2.24) is 16.0 Å². The molecular formula is C30H42F5N9O9. The lowest BCUT2D eigenvalue weighted by molar-refractivity contribution is -0.140. The highest BCUT2D eigenvalue weighted by Gasteiger charge is 2.31. The maximum atomic E-state index is 14.2. The van der Waals surface area contributed by atoms with Gasteiger partial charge in [0, 0.05) is 55.3 Å². The smallest absolute Gasteiger partial charge is 0.334 e. The third kappa shape index (κ3) is 20.7. The van der Waals surface area contributed by atoms with Gasteiger partial charge in [-0.3, -0.25) is 14.4 Å². The Morgan fingerprint density at radius 2 is 1.04 bits per heavy atom. The maximum Gasteiger partial charge on any atom is 0.334 e. The minimum absolute atomic E-state index is 0.0163. The van der Waals surface area contributed by atoms with E-state index in [0.29, 0.717) is 0 Å². The summed E-state index contributed by atoms with van der Waals surface area (Å²) in [4.78, 5) is 54.6. The summed E-state index contributed by atoms with van der Waals surface area (Å²) in [5, 5.41) is 14.1. The molecule has 18 nitrogen and oxygen atoms in total. The lowest BCUT2D eigenvalue weighted by Gasteiger charge is -2.18. The molecule has 3 amide bonds. The van der Waals surface area contributed by atoms with Crippen LogP contribution in [0.15, 0.2) is 10.2 Å². The fourth-order valence-electron chi connectivity index (χ4n) is 3.99. The number of ether oxygens (including phenoxy) is 5. The Morgan fingerprint density at radius 1 is 0.585 bits per heavy atom. The Labute approximate surface area is 300 Å². The molecule has 0 saturated carbocycles. The summed E-state index contributed by atoms with van der Waals surface area (Å²) in [6, 6.07) is -1.58. The van der Waals surface area contributed by atoms with Crippen molar-refractivity contribution in [3.05, 3.63) is 50.0 Å². The van der Waals surface area contributed by atoms with Crippen LogP contribution < -0.4 is 20.7 Å². The van der Waals surface area contributed by atoms with E-state index >= 15 is 0 Å². The number of hydrogen-bond donors (Lipinski definition) is 3. The summed E-state index contributed by atoms with van der Waals surface area (Å²) in [5.41, 5.74) is 16.3. The van der Waals surface area contributed by atoms with E-state index in [2.05, 4.69) is 40.7 Å². The normalized spacial score (nSPS) is 11.2. The maximum absolute atomic E-state index is 14.2. The van der Waals surface area contributed by atoms with Gasteiger partial charge in [-0.15, -0.1) is 0 Å². The molecule has 0 fully saturated rings. The van der Waals surface area contributed by atoms with Gasteiger partial charge < -0.3 is 39.6 Å². The molecule has 0 aromatic heterocycles. The molecule has 0 spiro atoms. The van der Waals surface area contributed by atoms with Crippen molar-refractivity contribution in [2.24, 2.45) is 10.2 Å².